The van der Waals surface area contributed by atoms with E-state index in [4.69, 9.17) is 10.5 Å². The Morgan fingerprint density at radius 2 is 2.40 bits per heavy atom. The Labute approximate surface area is 127 Å². The van der Waals surface area contributed by atoms with E-state index >= 15 is 0 Å². The van der Waals surface area contributed by atoms with Crippen molar-refractivity contribution < 1.29 is 9.53 Å². The van der Waals surface area contributed by atoms with Gasteiger partial charge in [0.05, 0.1) is 18.3 Å². The highest BCUT2D eigenvalue weighted by Crippen LogP contribution is 2.24. The SMILES string of the molecule is CC1CN(CC(=O)Nc2ccc(N)cc2Br)CCCO1. The van der Waals surface area contributed by atoms with E-state index in [1.165, 1.54) is 0 Å². The molecule has 0 aromatic heterocycles. The lowest BCUT2D eigenvalue weighted by Crippen LogP contribution is -2.37. The number of nitrogens with two attached hydrogens (primary N) is 1. The van der Waals surface area contributed by atoms with Gasteiger partial charge in [0, 0.05) is 29.9 Å². The first-order valence-corrected chi connectivity index (χ1v) is 7.53. The van der Waals surface area contributed by atoms with Crippen molar-refractivity contribution in [3.05, 3.63) is 22.7 Å². The minimum atomic E-state index is -0.0235. The second-order valence-electron chi connectivity index (χ2n) is 5.06. The third-order valence-electron chi connectivity index (χ3n) is 3.17. The highest BCUT2D eigenvalue weighted by molar-refractivity contribution is 9.10. The topological polar surface area (TPSA) is 67.6 Å². The van der Waals surface area contributed by atoms with Crippen molar-refractivity contribution in [3.63, 3.8) is 0 Å². The van der Waals surface area contributed by atoms with Crippen LogP contribution in [0.3, 0.4) is 0 Å². The van der Waals surface area contributed by atoms with E-state index in [1.807, 2.05) is 6.92 Å². The van der Waals surface area contributed by atoms with Crippen molar-refractivity contribution >= 4 is 33.2 Å². The van der Waals surface area contributed by atoms with E-state index in [2.05, 4.69) is 26.1 Å². The number of amides is 1. The lowest BCUT2D eigenvalue weighted by Gasteiger charge is -2.21. The van der Waals surface area contributed by atoms with Crippen molar-refractivity contribution in [2.24, 2.45) is 0 Å². The van der Waals surface area contributed by atoms with Crippen molar-refractivity contribution in [1.29, 1.82) is 0 Å². The molecule has 3 N–H and O–H groups in total. The lowest BCUT2D eigenvalue weighted by atomic mass is 10.3. The molecule has 0 bridgehead atoms. The first kappa shape index (κ1) is 15.3. The fourth-order valence-electron chi connectivity index (χ4n) is 2.25. The number of halogens is 1. The summed E-state index contributed by atoms with van der Waals surface area (Å²) in [6, 6.07) is 5.34. The van der Waals surface area contributed by atoms with Crippen LogP contribution in [0.1, 0.15) is 13.3 Å². The minimum absolute atomic E-state index is 0.0235. The molecule has 1 aliphatic rings. The van der Waals surface area contributed by atoms with Crippen molar-refractivity contribution in [1.82, 2.24) is 4.90 Å². The summed E-state index contributed by atoms with van der Waals surface area (Å²) in [4.78, 5) is 14.2. The molecule has 1 fully saturated rings. The molecule has 1 aromatic rings. The van der Waals surface area contributed by atoms with Crippen LogP contribution in [-0.4, -0.2) is 43.2 Å². The Kier molecular flexibility index (Phi) is 5.39. The molecular weight excluding hydrogens is 322 g/mol. The maximum Gasteiger partial charge on any atom is 0.238 e. The zero-order valence-electron chi connectivity index (χ0n) is 11.6. The number of benzene rings is 1. The van der Waals surface area contributed by atoms with Crippen molar-refractivity contribution in [2.45, 2.75) is 19.4 Å². The van der Waals surface area contributed by atoms with Gasteiger partial charge in [-0.15, -0.1) is 0 Å². The third-order valence-corrected chi connectivity index (χ3v) is 3.83. The van der Waals surface area contributed by atoms with Gasteiger partial charge in [-0.2, -0.15) is 0 Å². The maximum absolute atomic E-state index is 12.1. The predicted octanol–water partition coefficient (Wildman–Crippen LogP) is 2.08. The Hall–Kier alpha value is -1.11. The zero-order chi connectivity index (χ0) is 14.5. The molecule has 1 aromatic carbocycles. The normalized spacial score (nSPS) is 20.4. The Bertz CT molecular complexity index is 481. The molecule has 0 radical (unpaired) electrons. The number of nitrogen functional groups attached to an aromatic ring is 1. The fourth-order valence-corrected chi connectivity index (χ4v) is 2.75. The van der Waals surface area contributed by atoms with E-state index in [9.17, 15) is 4.79 Å². The number of nitrogens with one attached hydrogen (secondary N) is 1. The maximum atomic E-state index is 12.1. The molecule has 1 saturated heterocycles. The molecule has 0 spiro atoms. The number of carbonyl (C=O) groups excluding carboxylic acids is 1. The van der Waals surface area contributed by atoms with Crippen molar-refractivity contribution in [3.8, 4) is 0 Å². The molecule has 2 rings (SSSR count). The van der Waals surface area contributed by atoms with Gasteiger partial charge in [0.1, 0.15) is 0 Å². The van der Waals surface area contributed by atoms with Gasteiger partial charge in [0.15, 0.2) is 0 Å². The Morgan fingerprint density at radius 1 is 1.60 bits per heavy atom. The average Bonchev–Trinajstić information content (AvgIpc) is 2.57. The van der Waals surface area contributed by atoms with Crippen LogP contribution in [0.5, 0.6) is 0 Å². The second-order valence-corrected chi connectivity index (χ2v) is 5.91. The van der Waals surface area contributed by atoms with Gasteiger partial charge in [-0.05, 0) is 47.5 Å². The van der Waals surface area contributed by atoms with Gasteiger partial charge in [-0.25, -0.2) is 0 Å². The van der Waals surface area contributed by atoms with Crippen LogP contribution >= 0.6 is 15.9 Å². The summed E-state index contributed by atoms with van der Waals surface area (Å²) in [7, 11) is 0. The first-order valence-electron chi connectivity index (χ1n) is 6.73. The molecule has 20 heavy (non-hydrogen) atoms. The number of rotatable bonds is 3. The highest BCUT2D eigenvalue weighted by Gasteiger charge is 2.17. The summed E-state index contributed by atoms with van der Waals surface area (Å²) < 4.78 is 6.36. The summed E-state index contributed by atoms with van der Waals surface area (Å²) in [6.07, 6.45) is 1.14. The fraction of sp³-hybridized carbons (Fsp3) is 0.500. The summed E-state index contributed by atoms with van der Waals surface area (Å²) in [5.74, 6) is -0.0235. The number of hydrogen-bond acceptors (Lipinski definition) is 4. The monoisotopic (exact) mass is 341 g/mol. The number of anilines is 2. The third kappa shape index (κ3) is 4.47. The molecule has 1 atom stereocenters. The quantitative estimate of drug-likeness (QED) is 0.826. The van der Waals surface area contributed by atoms with Crippen LogP contribution < -0.4 is 11.1 Å². The van der Waals surface area contributed by atoms with E-state index < -0.39 is 0 Å². The molecule has 1 unspecified atom stereocenters. The largest absolute Gasteiger partial charge is 0.399 e. The molecule has 110 valence electrons. The van der Waals surface area contributed by atoms with Gasteiger partial charge in [-0.3, -0.25) is 9.69 Å². The molecule has 1 aliphatic heterocycles. The number of ether oxygens (including phenoxy) is 1. The minimum Gasteiger partial charge on any atom is -0.399 e. The summed E-state index contributed by atoms with van der Waals surface area (Å²) in [5.41, 5.74) is 7.08. The molecule has 6 heteroatoms. The van der Waals surface area contributed by atoms with E-state index in [0.29, 0.717) is 12.2 Å². The van der Waals surface area contributed by atoms with E-state index in [-0.39, 0.29) is 12.0 Å². The van der Waals surface area contributed by atoms with Crippen LogP contribution in [0.4, 0.5) is 11.4 Å². The van der Waals surface area contributed by atoms with Crippen LogP contribution in [-0.2, 0) is 9.53 Å². The van der Waals surface area contributed by atoms with Gasteiger partial charge < -0.3 is 15.8 Å². The Balaban J connectivity index is 1.91. The number of hydrogen-bond donors (Lipinski definition) is 2. The average molecular weight is 342 g/mol. The second kappa shape index (κ2) is 7.06. The zero-order valence-corrected chi connectivity index (χ0v) is 13.1. The molecular formula is C14H20BrN3O2. The van der Waals surface area contributed by atoms with Crippen LogP contribution in [0.25, 0.3) is 0 Å². The molecule has 0 aliphatic carbocycles. The van der Waals surface area contributed by atoms with Crippen LogP contribution in [0.2, 0.25) is 0 Å². The molecule has 0 saturated carbocycles. The standard InChI is InChI=1S/C14H20BrN3O2/c1-10-8-18(5-2-6-20-10)9-14(19)17-13-4-3-11(16)7-12(13)15/h3-4,7,10H,2,5-6,8-9,16H2,1H3,(H,17,19). The highest BCUT2D eigenvalue weighted by atomic mass is 79.9. The lowest BCUT2D eigenvalue weighted by molar-refractivity contribution is -0.117. The van der Waals surface area contributed by atoms with Gasteiger partial charge in [-0.1, -0.05) is 0 Å². The van der Waals surface area contributed by atoms with Gasteiger partial charge in [0.25, 0.3) is 0 Å². The van der Waals surface area contributed by atoms with Crippen LogP contribution in [0, 0.1) is 0 Å². The predicted molar refractivity (Wildman–Crippen MR) is 83.7 cm³/mol. The smallest absolute Gasteiger partial charge is 0.238 e. The van der Waals surface area contributed by atoms with Crippen molar-refractivity contribution in [2.75, 3.05) is 37.3 Å². The van der Waals surface area contributed by atoms with E-state index in [0.717, 1.165) is 36.3 Å². The summed E-state index contributed by atoms with van der Waals surface area (Å²) in [5, 5.41) is 2.90. The van der Waals surface area contributed by atoms with Crippen LogP contribution in [0.15, 0.2) is 22.7 Å². The first-order chi connectivity index (χ1) is 9.54. The Morgan fingerprint density at radius 3 is 3.15 bits per heavy atom. The summed E-state index contributed by atoms with van der Waals surface area (Å²) in [6.45, 7) is 4.86. The number of nitrogens with zero attached hydrogens (tertiary/aromatic N) is 1. The van der Waals surface area contributed by atoms with E-state index in [1.54, 1.807) is 18.2 Å². The summed E-state index contributed by atoms with van der Waals surface area (Å²) >= 11 is 3.39. The van der Waals surface area contributed by atoms with Gasteiger partial charge in [0.2, 0.25) is 5.91 Å². The number of carbonyl (C=O) groups is 1. The molecule has 1 heterocycles. The molecule has 5 nitrogen and oxygen atoms in total. The molecule has 1 amide bonds. The van der Waals surface area contributed by atoms with Gasteiger partial charge >= 0.3 is 0 Å².